The quantitative estimate of drug-likeness (QED) is 0.240. The average molecular weight is 583 g/mol. The molecule has 0 aliphatic heterocycles. The van der Waals surface area contributed by atoms with Gasteiger partial charge in [-0.05, 0) is 0 Å². The first-order chi connectivity index (χ1) is 11.5. The van der Waals surface area contributed by atoms with E-state index in [4.69, 9.17) is 0 Å². The third kappa shape index (κ3) is 6.53. The van der Waals surface area contributed by atoms with Crippen LogP contribution in [0.3, 0.4) is 0 Å². The van der Waals surface area contributed by atoms with Crippen LogP contribution in [-0.2, 0) is 20.9 Å². The molecule has 0 saturated carbocycles. The summed E-state index contributed by atoms with van der Waals surface area (Å²) >= 11 is -1.60. The molecular formula is C22H39Br2SiZr. The van der Waals surface area contributed by atoms with Crippen molar-refractivity contribution in [3.05, 3.63) is 41.0 Å². The van der Waals surface area contributed by atoms with Crippen LogP contribution in [0.25, 0.3) is 0 Å². The fourth-order valence-electron chi connectivity index (χ4n) is 4.31. The minimum absolute atomic E-state index is 0. The Kier molecular flexibility index (Phi) is 13.8. The molecule has 0 aromatic carbocycles. The molecular weight excluding hydrogens is 543 g/mol. The molecule has 2 aliphatic carbocycles. The molecule has 26 heavy (non-hydrogen) atoms. The second-order valence-corrected chi connectivity index (χ2v) is 27.1. The third-order valence-corrected chi connectivity index (χ3v) is 25.2. The van der Waals surface area contributed by atoms with Gasteiger partial charge in [-0.3, -0.25) is 0 Å². The van der Waals surface area contributed by atoms with Crippen molar-refractivity contribution >= 4 is 39.9 Å². The van der Waals surface area contributed by atoms with Crippen LogP contribution < -0.4 is 0 Å². The summed E-state index contributed by atoms with van der Waals surface area (Å²) in [6.07, 6.45) is 15.8. The van der Waals surface area contributed by atoms with Crippen molar-refractivity contribution in [3.63, 3.8) is 0 Å². The Morgan fingerprint density at radius 3 is 1.50 bits per heavy atom. The molecule has 0 fully saturated rings. The van der Waals surface area contributed by atoms with Crippen LogP contribution >= 0.6 is 34.0 Å². The molecule has 0 nitrogen and oxygen atoms in total. The molecule has 0 heterocycles. The standard InChI is InChI=1S/2C10H15.C2H7Si.2BrH.Zr/c2*1-3-4-7-10-8-5-6-9(10)2;1-3-2;;;/h2*6H,3-5,7H2,1-2H3;3H,1-2H3;2*1H;. The molecule has 149 valence electrons. The molecule has 4 heteroatoms. The summed E-state index contributed by atoms with van der Waals surface area (Å²) in [5, 5.41) is 0. The number of allylic oxidation sites excluding steroid dienone is 8. The summed E-state index contributed by atoms with van der Waals surface area (Å²) in [7, 11) is 0. The van der Waals surface area contributed by atoms with Gasteiger partial charge in [0.05, 0.1) is 0 Å². The fraction of sp³-hybridized carbons (Fsp3) is 0.636. The van der Waals surface area contributed by atoms with Gasteiger partial charge in [0, 0.05) is 0 Å². The first-order valence-corrected chi connectivity index (χ1v) is 19.8. The Morgan fingerprint density at radius 2 is 1.19 bits per heavy atom. The third-order valence-electron chi connectivity index (χ3n) is 5.69. The Labute approximate surface area is 192 Å². The van der Waals surface area contributed by atoms with Gasteiger partial charge in [-0.1, -0.05) is 0 Å². The van der Waals surface area contributed by atoms with Crippen molar-refractivity contribution < 1.29 is 20.9 Å². The molecule has 0 spiro atoms. The normalized spacial score (nSPS) is 16.6. The maximum absolute atomic E-state index is 2.66. The zero-order valence-corrected chi connectivity index (χ0v) is 24.7. The van der Waals surface area contributed by atoms with Crippen molar-refractivity contribution in [2.24, 2.45) is 0 Å². The van der Waals surface area contributed by atoms with Crippen molar-refractivity contribution in [3.8, 4) is 0 Å². The second-order valence-electron chi connectivity index (χ2n) is 7.87. The van der Waals surface area contributed by atoms with Gasteiger partial charge in [0.25, 0.3) is 0 Å². The van der Waals surface area contributed by atoms with Gasteiger partial charge in [-0.2, -0.15) is 0 Å². The Bertz CT molecular complexity index is 537. The molecule has 0 N–H and O–H groups in total. The first-order valence-electron chi connectivity index (χ1n) is 10.2. The van der Waals surface area contributed by atoms with Crippen LogP contribution in [-0.4, -0.2) is 5.92 Å². The first kappa shape index (κ1) is 27.0. The predicted octanol–water partition coefficient (Wildman–Crippen LogP) is 8.33. The van der Waals surface area contributed by atoms with E-state index in [0.29, 0.717) is 0 Å². The van der Waals surface area contributed by atoms with E-state index in [0.717, 1.165) is 0 Å². The van der Waals surface area contributed by atoms with E-state index in [1.54, 1.807) is 11.1 Å². The second kappa shape index (κ2) is 13.3. The topological polar surface area (TPSA) is 0 Å². The summed E-state index contributed by atoms with van der Waals surface area (Å²) in [5.41, 5.74) is 6.90. The molecule has 0 atom stereocenters. The van der Waals surface area contributed by atoms with Crippen molar-refractivity contribution in [1.29, 1.82) is 0 Å². The Hall–Kier alpha value is 1.02. The molecule has 0 unspecified atom stereocenters. The van der Waals surface area contributed by atoms with Crippen LogP contribution in [0.4, 0.5) is 0 Å². The van der Waals surface area contributed by atoms with Gasteiger partial charge in [0.15, 0.2) is 0 Å². The van der Waals surface area contributed by atoms with Crippen LogP contribution in [0.5, 0.6) is 0 Å². The van der Waals surface area contributed by atoms with Crippen LogP contribution in [0.2, 0.25) is 13.1 Å². The zero-order chi connectivity index (χ0) is 17.7. The Balaban J connectivity index is 0.00000312. The molecule has 0 radical (unpaired) electrons. The number of halogens is 2. The van der Waals surface area contributed by atoms with E-state index in [2.05, 4.69) is 52.9 Å². The van der Waals surface area contributed by atoms with E-state index in [1.807, 2.05) is 17.7 Å². The van der Waals surface area contributed by atoms with Crippen LogP contribution in [0.1, 0.15) is 79.1 Å². The molecule has 2 rings (SSSR count). The van der Waals surface area contributed by atoms with Crippen molar-refractivity contribution in [1.82, 2.24) is 0 Å². The number of unbranched alkanes of at least 4 members (excludes halogenated alkanes) is 2. The summed E-state index contributed by atoms with van der Waals surface area (Å²) < 4.78 is 4.02. The van der Waals surface area contributed by atoms with Crippen LogP contribution in [0.15, 0.2) is 41.0 Å². The predicted molar refractivity (Wildman–Crippen MR) is 129 cm³/mol. The SMILES string of the molecule is Br.Br.CCCCC1=[C]([Zr]([C]2=C(CCCC)C(C)=CC2)[SiH](C)C)CC=C1C. The van der Waals surface area contributed by atoms with Crippen molar-refractivity contribution in [2.45, 2.75) is 92.2 Å². The summed E-state index contributed by atoms with van der Waals surface area (Å²) in [5.74, 6) is -0.577. The van der Waals surface area contributed by atoms with E-state index < -0.39 is 26.8 Å². The van der Waals surface area contributed by atoms with E-state index in [9.17, 15) is 0 Å². The Morgan fingerprint density at radius 1 is 0.808 bits per heavy atom. The summed E-state index contributed by atoms with van der Waals surface area (Å²) in [6, 6.07) is 0. The summed E-state index contributed by atoms with van der Waals surface area (Å²) in [6.45, 7) is 14.7. The molecule has 2 aliphatic rings. The van der Waals surface area contributed by atoms with E-state index in [1.165, 1.54) is 51.4 Å². The maximum atomic E-state index is 2.66. The molecule has 0 aromatic rings. The monoisotopic (exact) mass is 579 g/mol. The number of rotatable bonds is 9. The van der Waals surface area contributed by atoms with Gasteiger partial charge in [0.1, 0.15) is 0 Å². The molecule has 0 saturated heterocycles. The average Bonchev–Trinajstić information content (AvgIpc) is 3.08. The number of hydrogen-bond donors (Lipinski definition) is 0. The van der Waals surface area contributed by atoms with Gasteiger partial charge in [-0.15, -0.1) is 34.0 Å². The molecule has 0 bridgehead atoms. The van der Waals surface area contributed by atoms with Gasteiger partial charge >= 0.3 is 160 Å². The van der Waals surface area contributed by atoms with Gasteiger partial charge in [0.2, 0.25) is 0 Å². The molecule has 0 amide bonds. The minimum atomic E-state index is -1.60. The summed E-state index contributed by atoms with van der Waals surface area (Å²) in [4.78, 5) is 0. The van der Waals surface area contributed by atoms with E-state index >= 15 is 0 Å². The van der Waals surface area contributed by atoms with Crippen LogP contribution in [0, 0.1) is 0 Å². The van der Waals surface area contributed by atoms with Crippen molar-refractivity contribution in [2.75, 3.05) is 0 Å². The number of hydrogen-bond acceptors (Lipinski definition) is 0. The van der Waals surface area contributed by atoms with Gasteiger partial charge in [-0.25, -0.2) is 0 Å². The van der Waals surface area contributed by atoms with Gasteiger partial charge < -0.3 is 0 Å². The van der Waals surface area contributed by atoms with E-state index in [-0.39, 0.29) is 34.0 Å². The molecule has 0 aromatic heterocycles. The fourth-order valence-corrected chi connectivity index (χ4v) is 25.1. The zero-order valence-electron chi connectivity index (χ0n) is 17.7.